The molecule has 0 amide bonds. The number of nitrogens with one attached hydrogen (secondary N) is 2. The number of unbranched alkanes of at least 4 members (excludes halogenated alkanes) is 2. The summed E-state index contributed by atoms with van der Waals surface area (Å²) in [4.78, 5) is 25.4. The number of aromatic amines is 2. The lowest BCUT2D eigenvalue weighted by molar-refractivity contribution is 0.290. The molecule has 0 radical (unpaired) electrons. The largest absolute Gasteiger partial charge is 0.478 e. The van der Waals surface area contributed by atoms with Crippen LogP contribution in [-0.4, -0.2) is 44.9 Å². The van der Waals surface area contributed by atoms with Gasteiger partial charge in [0, 0.05) is 31.2 Å². The SMILES string of the molecule is c1ccc([C@H]2COC(c3cnc(CCCCC(CCCCc4ncc[nH]4)C4=N[C@@H](c5ccccc5)CO4)[nH]3)=N2)cc1. The van der Waals surface area contributed by atoms with Crippen molar-refractivity contribution in [1.82, 2.24) is 19.9 Å². The number of hydrogen-bond acceptors (Lipinski definition) is 6. The summed E-state index contributed by atoms with van der Waals surface area (Å²) in [5.41, 5.74) is 3.25. The van der Waals surface area contributed by atoms with E-state index in [9.17, 15) is 0 Å². The quantitative estimate of drug-likeness (QED) is 0.174. The number of ether oxygens (including phenoxy) is 2. The van der Waals surface area contributed by atoms with Crippen LogP contribution in [0.2, 0.25) is 0 Å². The Morgan fingerprint density at radius 3 is 2.07 bits per heavy atom. The van der Waals surface area contributed by atoms with Crippen molar-refractivity contribution in [1.29, 1.82) is 0 Å². The van der Waals surface area contributed by atoms with Gasteiger partial charge in [-0.05, 0) is 36.8 Å². The first-order valence-corrected chi connectivity index (χ1v) is 14.9. The van der Waals surface area contributed by atoms with Crippen LogP contribution < -0.4 is 0 Å². The Labute approximate surface area is 241 Å². The molecule has 0 saturated heterocycles. The smallest absolute Gasteiger partial charge is 0.235 e. The third kappa shape index (κ3) is 7.12. The number of imidazole rings is 2. The van der Waals surface area contributed by atoms with Gasteiger partial charge in [0.15, 0.2) is 5.90 Å². The van der Waals surface area contributed by atoms with Gasteiger partial charge in [0.2, 0.25) is 5.90 Å². The highest BCUT2D eigenvalue weighted by atomic mass is 16.5. The molecule has 2 aromatic carbocycles. The van der Waals surface area contributed by atoms with Gasteiger partial charge in [0.25, 0.3) is 0 Å². The molecule has 1 unspecified atom stereocenters. The van der Waals surface area contributed by atoms with Crippen LogP contribution in [-0.2, 0) is 22.3 Å². The maximum absolute atomic E-state index is 6.19. The minimum atomic E-state index is 0.0381. The monoisotopic (exact) mass is 550 g/mol. The Bertz CT molecular complexity index is 1410. The second-order valence-electron chi connectivity index (χ2n) is 10.8. The summed E-state index contributed by atoms with van der Waals surface area (Å²) in [6.07, 6.45) is 13.9. The molecule has 41 heavy (non-hydrogen) atoms. The molecule has 0 bridgehead atoms. The van der Waals surface area contributed by atoms with Crippen molar-refractivity contribution in [3.63, 3.8) is 0 Å². The standard InChI is InChI=1S/C33H38N6O2/c1-3-11-24(12-4-1)28-22-40-32(38-28)26(15-7-9-17-30-34-19-20-35-30)16-8-10-18-31-36-21-27(37-31)33-39-29(23-41-33)25-13-5-2-6-14-25/h1-6,11-14,19-21,26,28-29H,7-10,15-18,22-23H2,(H,34,35)(H,36,37)/t26?,28-,29-/m1/s1. The first-order chi connectivity index (χ1) is 20.3. The van der Waals surface area contributed by atoms with Crippen molar-refractivity contribution in [2.45, 2.75) is 63.5 Å². The van der Waals surface area contributed by atoms with Crippen LogP contribution in [0.25, 0.3) is 0 Å². The van der Waals surface area contributed by atoms with Crippen LogP contribution in [0.5, 0.6) is 0 Å². The van der Waals surface area contributed by atoms with Crippen LogP contribution >= 0.6 is 0 Å². The predicted octanol–water partition coefficient (Wildman–Crippen LogP) is 6.56. The number of aromatic nitrogens is 4. The van der Waals surface area contributed by atoms with Gasteiger partial charge in [-0.1, -0.05) is 73.5 Å². The molecule has 6 rings (SSSR count). The molecule has 8 heteroatoms. The molecule has 2 aliphatic rings. The number of nitrogens with zero attached hydrogens (tertiary/aromatic N) is 4. The maximum Gasteiger partial charge on any atom is 0.235 e. The molecule has 0 spiro atoms. The lowest BCUT2D eigenvalue weighted by Crippen LogP contribution is -2.15. The Hall–Kier alpha value is -4.20. The van der Waals surface area contributed by atoms with E-state index in [1.165, 1.54) is 11.1 Å². The number of aryl methyl sites for hydroxylation is 2. The molecule has 4 heterocycles. The molecule has 212 valence electrons. The molecule has 2 aromatic heterocycles. The van der Waals surface area contributed by atoms with Crippen LogP contribution in [0.4, 0.5) is 0 Å². The average molecular weight is 551 g/mol. The topological polar surface area (TPSA) is 101 Å². The van der Waals surface area contributed by atoms with E-state index in [4.69, 9.17) is 19.5 Å². The minimum Gasteiger partial charge on any atom is -0.478 e. The van der Waals surface area contributed by atoms with Crippen molar-refractivity contribution in [3.8, 4) is 0 Å². The Kier molecular flexibility index (Phi) is 8.85. The zero-order chi connectivity index (χ0) is 27.7. The van der Waals surface area contributed by atoms with Crippen molar-refractivity contribution in [2.75, 3.05) is 13.2 Å². The van der Waals surface area contributed by atoms with Crippen LogP contribution in [0, 0.1) is 5.92 Å². The zero-order valence-electron chi connectivity index (χ0n) is 23.4. The van der Waals surface area contributed by atoms with Crippen molar-refractivity contribution >= 4 is 11.8 Å². The van der Waals surface area contributed by atoms with Crippen LogP contribution in [0.1, 0.15) is 79.1 Å². The maximum atomic E-state index is 6.19. The van der Waals surface area contributed by atoms with Crippen molar-refractivity contribution < 1.29 is 9.47 Å². The molecular formula is C33H38N6O2. The van der Waals surface area contributed by atoms with Gasteiger partial charge in [0.1, 0.15) is 42.6 Å². The Balaban J connectivity index is 1.01. The number of aliphatic imine (C=N–C) groups is 2. The van der Waals surface area contributed by atoms with E-state index in [1.54, 1.807) is 0 Å². The lowest BCUT2D eigenvalue weighted by Gasteiger charge is -2.16. The molecule has 0 saturated carbocycles. The highest BCUT2D eigenvalue weighted by molar-refractivity contribution is 5.93. The van der Waals surface area contributed by atoms with Crippen LogP contribution in [0.3, 0.4) is 0 Å². The summed E-state index contributed by atoms with van der Waals surface area (Å²) in [6, 6.07) is 20.9. The van der Waals surface area contributed by atoms with Gasteiger partial charge in [-0.25, -0.2) is 20.0 Å². The first-order valence-electron chi connectivity index (χ1n) is 14.9. The summed E-state index contributed by atoms with van der Waals surface area (Å²) < 4.78 is 12.1. The molecule has 2 N–H and O–H groups in total. The minimum absolute atomic E-state index is 0.0381. The van der Waals surface area contributed by atoms with Crippen LogP contribution in [0.15, 0.2) is 89.2 Å². The highest BCUT2D eigenvalue weighted by Gasteiger charge is 2.27. The fourth-order valence-electron chi connectivity index (χ4n) is 5.62. The van der Waals surface area contributed by atoms with Crippen molar-refractivity contribution in [2.24, 2.45) is 15.9 Å². The van der Waals surface area contributed by atoms with E-state index >= 15 is 0 Å². The first kappa shape index (κ1) is 27.0. The number of benzene rings is 2. The highest BCUT2D eigenvalue weighted by Crippen LogP contribution is 2.29. The van der Waals surface area contributed by atoms with Crippen molar-refractivity contribution in [3.05, 3.63) is 108 Å². The molecule has 2 aliphatic heterocycles. The van der Waals surface area contributed by atoms with E-state index in [0.29, 0.717) is 25.0 Å². The molecule has 0 aliphatic carbocycles. The van der Waals surface area contributed by atoms with Gasteiger partial charge >= 0.3 is 0 Å². The summed E-state index contributed by atoms with van der Waals surface area (Å²) in [5.74, 6) is 3.95. The molecular weight excluding hydrogens is 512 g/mol. The molecule has 4 aromatic rings. The van der Waals surface area contributed by atoms with E-state index < -0.39 is 0 Å². The van der Waals surface area contributed by atoms with E-state index in [1.807, 2.05) is 42.9 Å². The lowest BCUT2D eigenvalue weighted by atomic mass is 9.94. The third-order valence-electron chi connectivity index (χ3n) is 7.89. The molecule has 8 nitrogen and oxygen atoms in total. The van der Waals surface area contributed by atoms with E-state index in [2.05, 4.69) is 56.3 Å². The van der Waals surface area contributed by atoms with Gasteiger partial charge in [-0.3, -0.25) is 0 Å². The number of H-pyrrole nitrogens is 2. The Morgan fingerprint density at radius 1 is 0.732 bits per heavy atom. The number of rotatable bonds is 14. The summed E-state index contributed by atoms with van der Waals surface area (Å²) in [6.45, 7) is 1.20. The second-order valence-corrected chi connectivity index (χ2v) is 10.8. The van der Waals surface area contributed by atoms with E-state index in [0.717, 1.165) is 74.6 Å². The average Bonchev–Trinajstić information content (AvgIpc) is 3.85. The molecule has 0 fully saturated rings. The predicted molar refractivity (Wildman–Crippen MR) is 160 cm³/mol. The number of hydrogen-bond donors (Lipinski definition) is 2. The third-order valence-corrected chi connectivity index (χ3v) is 7.89. The summed E-state index contributed by atoms with van der Waals surface area (Å²) in [7, 11) is 0. The van der Waals surface area contributed by atoms with E-state index in [-0.39, 0.29) is 12.1 Å². The van der Waals surface area contributed by atoms with Gasteiger partial charge in [-0.2, -0.15) is 0 Å². The summed E-state index contributed by atoms with van der Waals surface area (Å²) >= 11 is 0. The normalized spacial score (nSPS) is 18.9. The van der Waals surface area contributed by atoms with Gasteiger partial charge in [0.05, 0.1) is 6.20 Å². The van der Waals surface area contributed by atoms with Gasteiger partial charge in [-0.15, -0.1) is 0 Å². The fourth-order valence-corrected chi connectivity index (χ4v) is 5.62. The molecule has 3 atom stereocenters. The summed E-state index contributed by atoms with van der Waals surface area (Å²) in [5, 5.41) is 0. The zero-order valence-corrected chi connectivity index (χ0v) is 23.4. The van der Waals surface area contributed by atoms with Gasteiger partial charge < -0.3 is 19.4 Å². The Morgan fingerprint density at radius 2 is 1.39 bits per heavy atom. The fraction of sp³-hybridized carbons (Fsp3) is 0.394. The second kappa shape index (κ2) is 13.4.